The van der Waals surface area contributed by atoms with E-state index in [0.717, 1.165) is 31.5 Å². The lowest BCUT2D eigenvalue weighted by Crippen LogP contribution is -2.55. The summed E-state index contributed by atoms with van der Waals surface area (Å²) in [7, 11) is 0.355. The summed E-state index contributed by atoms with van der Waals surface area (Å²) in [4.78, 5) is 35.7. The highest BCUT2D eigenvalue weighted by atomic mass is 35.5. The number of amides is 2. The van der Waals surface area contributed by atoms with Gasteiger partial charge >= 0.3 is 6.09 Å². The summed E-state index contributed by atoms with van der Waals surface area (Å²) >= 11 is 0. The number of benzene rings is 3. The lowest BCUT2D eigenvalue weighted by molar-refractivity contribution is -0.132. The molecule has 0 aliphatic carbocycles. The lowest BCUT2D eigenvalue weighted by atomic mass is 9.86. The molecule has 0 saturated carbocycles. The minimum Gasteiger partial charge on any atom is -0.497 e. The molecule has 0 radical (unpaired) electrons. The topological polar surface area (TPSA) is 118 Å². The molecule has 1 atom stereocenters. The van der Waals surface area contributed by atoms with Crippen LogP contribution in [0.1, 0.15) is 43.4 Å². The van der Waals surface area contributed by atoms with Crippen LogP contribution in [0.3, 0.4) is 0 Å². The molecule has 3 aromatic carbocycles. The maximum absolute atomic E-state index is 15.2. The van der Waals surface area contributed by atoms with Gasteiger partial charge in [-0.2, -0.15) is 4.31 Å². The Labute approximate surface area is 318 Å². The number of carbonyl (C=O) groups excluding carboxylic acids is 2. The molecule has 52 heavy (non-hydrogen) atoms. The Morgan fingerprint density at radius 3 is 2.15 bits per heavy atom. The smallest absolute Gasteiger partial charge is 0.411 e. The van der Waals surface area contributed by atoms with Crippen LogP contribution in [-0.4, -0.2) is 108 Å². The number of sulfonamides is 1. The highest BCUT2D eigenvalue weighted by Crippen LogP contribution is 2.53. The average molecular weight is 780 g/mol. The Balaban J connectivity index is 0.00000302. The van der Waals surface area contributed by atoms with Gasteiger partial charge in [0.25, 0.3) is 15.9 Å². The van der Waals surface area contributed by atoms with E-state index >= 15 is 4.79 Å². The zero-order valence-corrected chi connectivity index (χ0v) is 32.8. The number of fused-ring (bicyclic) bond motifs is 1. The first-order valence-corrected chi connectivity index (χ1v) is 18.4. The van der Waals surface area contributed by atoms with Crippen molar-refractivity contribution >= 4 is 52.5 Å². The monoisotopic (exact) mass is 778 g/mol. The summed E-state index contributed by atoms with van der Waals surface area (Å²) in [6, 6.07) is 16.4. The molecular weight excluding hydrogens is 731 g/mol. The molecule has 0 bridgehead atoms. The van der Waals surface area contributed by atoms with Gasteiger partial charge in [0, 0.05) is 37.8 Å². The first-order valence-electron chi connectivity index (χ1n) is 17.0. The summed E-state index contributed by atoms with van der Waals surface area (Å²) in [5.41, 5.74) is -1.12. The number of methoxy groups -OCH3 is 2. The fraction of sp³-hybridized carbons (Fsp3) is 0.459. The van der Waals surface area contributed by atoms with Crippen LogP contribution < -0.4 is 18.5 Å². The van der Waals surface area contributed by atoms with Gasteiger partial charge in [-0.15, -0.1) is 24.8 Å². The van der Waals surface area contributed by atoms with Gasteiger partial charge in [0.2, 0.25) is 5.60 Å². The third kappa shape index (κ3) is 7.52. The van der Waals surface area contributed by atoms with E-state index in [0.29, 0.717) is 42.3 Å². The Morgan fingerprint density at radius 1 is 0.846 bits per heavy atom. The average Bonchev–Trinajstić information content (AvgIpc) is 3.35. The molecule has 284 valence electrons. The van der Waals surface area contributed by atoms with Gasteiger partial charge < -0.3 is 28.7 Å². The van der Waals surface area contributed by atoms with Crippen molar-refractivity contribution in [1.29, 1.82) is 0 Å². The minimum atomic E-state index is -4.62. The number of piperidine rings is 1. The number of carbonyl (C=O) groups is 2. The number of ether oxygens (including phenoxy) is 4. The Bertz CT molecular complexity index is 1860. The van der Waals surface area contributed by atoms with E-state index in [4.69, 9.17) is 18.9 Å². The van der Waals surface area contributed by atoms with Crippen LogP contribution in [0.25, 0.3) is 0 Å². The molecule has 0 spiro atoms. The van der Waals surface area contributed by atoms with Crippen molar-refractivity contribution in [3.8, 4) is 17.2 Å². The van der Waals surface area contributed by atoms with Crippen molar-refractivity contribution in [3.05, 3.63) is 77.4 Å². The highest BCUT2D eigenvalue weighted by Gasteiger charge is 2.61. The molecule has 0 N–H and O–H groups in total. The Morgan fingerprint density at radius 2 is 1.52 bits per heavy atom. The summed E-state index contributed by atoms with van der Waals surface area (Å²) in [5.74, 6) is -0.287. The molecule has 2 fully saturated rings. The van der Waals surface area contributed by atoms with Crippen LogP contribution in [0, 0.1) is 6.92 Å². The van der Waals surface area contributed by atoms with Crippen molar-refractivity contribution in [2.75, 3.05) is 64.8 Å². The van der Waals surface area contributed by atoms with Gasteiger partial charge in [0.1, 0.15) is 22.1 Å². The number of para-hydroxylation sites is 1. The SMILES string of the molecule is COc1ccc2c(c1)C(OC(=O)N1CCN(C3CCN(C)CC3)CC1)(c1ccccc1OC(C)C)C(=O)N2S(=O)(=O)c1ccc(C)cc1OC.Cl.Cl. The van der Waals surface area contributed by atoms with Gasteiger partial charge in [-0.05, 0) is 95.7 Å². The second kappa shape index (κ2) is 16.5. The largest absolute Gasteiger partial charge is 0.497 e. The molecule has 2 amide bonds. The number of nitrogens with zero attached hydrogens (tertiary/aromatic N) is 4. The fourth-order valence-electron chi connectivity index (χ4n) is 7.15. The Kier molecular flexibility index (Phi) is 13.0. The van der Waals surface area contributed by atoms with Crippen LogP contribution in [0.5, 0.6) is 17.2 Å². The number of hydrogen-bond donors (Lipinski definition) is 0. The molecule has 12 nitrogen and oxygen atoms in total. The van der Waals surface area contributed by atoms with Crippen molar-refractivity contribution in [3.63, 3.8) is 0 Å². The van der Waals surface area contributed by atoms with Gasteiger partial charge in [-0.1, -0.05) is 24.3 Å². The zero-order valence-electron chi connectivity index (χ0n) is 30.4. The molecule has 3 heterocycles. The number of aryl methyl sites for hydroxylation is 1. The maximum Gasteiger partial charge on any atom is 0.411 e. The van der Waals surface area contributed by atoms with E-state index in [9.17, 15) is 13.2 Å². The number of rotatable bonds is 9. The standard InChI is InChI=1S/C37H46N4O8S.2ClH/c1-25(2)48-32-10-8-7-9-29(32)37(49-36(43)40-21-19-39(20-22-40)27-15-17-38(4)18-16-27)30-24-28(46-5)12-13-31(30)41(35(37)42)50(44,45)34-14-11-26(3)23-33(34)47-6;;/h7-14,23-25,27H,15-22H2,1-6H3;2*1H. The molecule has 2 saturated heterocycles. The minimum absolute atomic E-state index is 0. The maximum atomic E-state index is 15.2. The number of likely N-dealkylation sites (tertiary alicyclic amines) is 1. The lowest BCUT2D eigenvalue weighted by Gasteiger charge is -2.42. The van der Waals surface area contributed by atoms with E-state index in [1.807, 2.05) is 20.8 Å². The number of anilines is 1. The molecule has 1 unspecified atom stereocenters. The quantitative estimate of drug-likeness (QED) is 0.277. The fourth-order valence-corrected chi connectivity index (χ4v) is 8.75. The predicted molar refractivity (Wildman–Crippen MR) is 203 cm³/mol. The first-order chi connectivity index (χ1) is 23.9. The van der Waals surface area contributed by atoms with Crippen LogP contribution in [0.2, 0.25) is 0 Å². The summed E-state index contributed by atoms with van der Waals surface area (Å²) < 4.78 is 53.7. The molecule has 15 heteroatoms. The normalized spacial score (nSPS) is 19.8. The predicted octanol–water partition coefficient (Wildman–Crippen LogP) is 5.47. The summed E-state index contributed by atoms with van der Waals surface area (Å²) in [6.45, 7) is 9.68. The van der Waals surface area contributed by atoms with Gasteiger partial charge in [0.15, 0.2) is 0 Å². The van der Waals surface area contributed by atoms with E-state index in [1.54, 1.807) is 53.4 Å². The van der Waals surface area contributed by atoms with Crippen LogP contribution in [0.4, 0.5) is 10.5 Å². The molecular formula is C37H48Cl2N4O8S. The molecule has 0 aromatic heterocycles. The highest BCUT2D eigenvalue weighted by molar-refractivity contribution is 7.93. The molecule has 3 aliphatic heterocycles. The zero-order chi connectivity index (χ0) is 35.8. The van der Waals surface area contributed by atoms with E-state index in [1.165, 1.54) is 26.4 Å². The summed E-state index contributed by atoms with van der Waals surface area (Å²) in [5, 5.41) is 0. The van der Waals surface area contributed by atoms with Crippen molar-refractivity contribution < 1.29 is 37.0 Å². The van der Waals surface area contributed by atoms with Crippen LogP contribution >= 0.6 is 24.8 Å². The van der Waals surface area contributed by atoms with E-state index < -0.39 is 27.6 Å². The third-order valence-corrected chi connectivity index (χ3v) is 11.5. The van der Waals surface area contributed by atoms with Crippen LogP contribution in [0.15, 0.2) is 65.6 Å². The number of hydrogen-bond acceptors (Lipinski definition) is 10. The molecule has 3 aromatic rings. The van der Waals surface area contributed by atoms with Crippen molar-refractivity contribution in [2.24, 2.45) is 0 Å². The second-order valence-corrected chi connectivity index (χ2v) is 15.1. The third-order valence-electron chi connectivity index (χ3n) is 9.77. The van der Waals surface area contributed by atoms with Crippen LogP contribution in [-0.2, 0) is 25.2 Å². The first kappa shape index (κ1) is 41.0. The van der Waals surface area contributed by atoms with Crippen molar-refractivity contribution in [1.82, 2.24) is 14.7 Å². The Hall–Kier alpha value is -3.75. The number of piperazine rings is 1. The van der Waals surface area contributed by atoms with Gasteiger partial charge in [-0.3, -0.25) is 9.69 Å². The van der Waals surface area contributed by atoms with Gasteiger partial charge in [0.05, 0.1) is 31.6 Å². The summed E-state index contributed by atoms with van der Waals surface area (Å²) in [6.07, 6.45) is 1.09. The second-order valence-electron chi connectivity index (χ2n) is 13.4. The molecule has 6 rings (SSSR count). The van der Waals surface area contributed by atoms with E-state index in [-0.39, 0.29) is 64.1 Å². The van der Waals surface area contributed by atoms with E-state index in [2.05, 4.69) is 16.8 Å². The number of halogens is 2. The van der Waals surface area contributed by atoms with Crippen molar-refractivity contribution in [2.45, 2.75) is 56.3 Å². The molecule has 3 aliphatic rings. The van der Waals surface area contributed by atoms with Gasteiger partial charge in [-0.25, -0.2) is 13.2 Å².